The van der Waals surface area contributed by atoms with Gasteiger partial charge in [0.1, 0.15) is 13.2 Å². The predicted octanol–water partition coefficient (Wildman–Crippen LogP) is 4.47. The number of rotatable bonds is 5. The number of aryl methyl sites for hydroxylation is 2. The zero-order valence-corrected chi connectivity index (χ0v) is 17.3. The van der Waals surface area contributed by atoms with Crippen LogP contribution >= 0.6 is 0 Å². The van der Waals surface area contributed by atoms with Crippen molar-refractivity contribution in [1.29, 1.82) is 0 Å². The van der Waals surface area contributed by atoms with E-state index < -0.39 is 10.0 Å². The number of benzene rings is 3. The molecule has 1 heterocycles. The van der Waals surface area contributed by atoms with Crippen LogP contribution in [0, 0.1) is 13.8 Å². The molecule has 1 aliphatic heterocycles. The number of hydrogen-bond acceptors (Lipinski definition) is 4. The summed E-state index contributed by atoms with van der Waals surface area (Å²) in [5.74, 6) is 1.02. The normalized spacial score (nSPS) is 13.2. The Kier molecular flexibility index (Phi) is 5.20. The Morgan fingerprint density at radius 3 is 2.28 bits per heavy atom. The predicted molar refractivity (Wildman–Crippen MR) is 113 cm³/mol. The van der Waals surface area contributed by atoms with Gasteiger partial charge in [-0.15, -0.1) is 0 Å². The van der Waals surface area contributed by atoms with Crippen molar-refractivity contribution in [3.05, 3.63) is 83.4 Å². The van der Waals surface area contributed by atoms with Crippen LogP contribution < -0.4 is 13.8 Å². The van der Waals surface area contributed by atoms with E-state index >= 15 is 0 Å². The molecule has 0 fully saturated rings. The maximum absolute atomic E-state index is 13.6. The molecular formula is C23H23NO4S. The molecule has 0 atom stereocenters. The summed E-state index contributed by atoms with van der Waals surface area (Å²) in [6.07, 6.45) is 0. The first-order valence-corrected chi connectivity index (χ1v) is 10.9. The van der Waals surface area contributed by atoms with Crippen LogP contribution in [0.15, 0.2) is 71.6 Å². The largest absolute Gasteiger partial charge is 0.486 e. The van der Waals surface area contributed by atoms with Crippen LogP contribution in [0.25, 0.3) is 0 Å². The van der Waals surface area contributed by atoms with Crippen LogP contribution in [0.2, 0.25) is 0 Å². The number of sulfonamides is 1. The van der Waals surface area contributed by atoms with Gasteiger partial charge in [0.05, 0.1) is 17.1 Å². The first kappa shape index (κ1) is 19.3. The zero-order chi connectivity index (χ0) is 20.4. The van der Waals surface area contributed by atoms with Gasteiger partial charge in [-0.05, 0) is 43.7 Å². The monoisotopic (exact) mass is 409 g/mol. The summed E-state index contributed by atoms with van der Waals surface area (Å²) in [7, 11) is -3.81. The molecule has 4 rings (SSSR count). The van der Waals surface area contributed by atoms with Crippen LogP contribution in [0.4, 0.5) is 5.69 Å². The molecule has 1 aliphatic rings. The van der Waals surface area contributed by atoms with Crippen molar-refractivity contribution in [3.8, 4) is 11.5 Å². The Hall–Kier alpha value is -2.99. The molecule has 5 nitrogen and oxygen atoms in total. The average molecular weight is 410 g/mol. The fourth-order valence-electron chi connectivity index (χ4n) is 3.31. The Labute approximate surface area is 171 Å². The molecule has 0 N–H and O–H groups in total. The smallest absolute Gasteiger partial charge is 0.264 e. The van der Waals surface area contributed by atoms with Gasteiger partial charge in [-0.3, -0.25) is 4.31 Å². The Morgan fingerprint density at radius 2 is 1.55 bits per heavy atom. The van der Waals surface area contributed by atoms with E-state index in [1.54, 1.807) is 18.2 Å². The Balaban J connectivity index is 1.77. The lowest BCUT2D eigenvalue weighted by molar-refractivity contribution is 0.171. The molecule has 0 aromatic heterocycles. The second-order valence-corrected chi connectivity index (χ2v) is 9.00. The molecule has 6 heteroatoms. The lowest BCUT2D eigenvalue weighted by Crippen LogP contribution is -2.30. The molecule has 29 heavy (non-hydrogen) atoms. The van der Waals surface area contributed by atoms with Gasteiger partial charge in [0.25, 0.3) is 10.0 Å². The van der Waals surface area contributed by atoms with Crippen LogP contribution in [-0.2, 0) is 16.6 Å². The second-order valence-electron chi connectivity index (χ2n) is 7.14. The zero-order valence-electron chi connectivity index (χ0n) is 16.5. The summed E-state index contributed by atoms with van der Waals surface area (Å²) in [6.45, 7) is 5.07. The number of nitrogens with zero attached hydrogens (tertiary/aromatic N) is 1. The van der Waals surface area contributed by atoms with Crippen LogP contribution in [0.5, 0.6) is 11.5 Å². The van der Waals surface area contributed by atoms with Gasteiger partial charge in [-0.2, -0.15) is 0 Å². The van der Waals surface area contributed by atoms with Crippen molar-refractivity contribution in [3.63, 3.8) is 0 Å². The van der Waals surface area contributed by atoms with Crippen LogP contribution in [0.1, 0.15) is 16.7 Å². The molecule has 0 spiro atoms. The number of anilines is 1. The molecule has 0 bridgehead atoms. The Bertz CT molecular complexity index is 1120. The summed E-state index contributed by atoms with van der Waals surface area (Å²) in [5.41, 5.74) is 3.70. The standard InChI is InChI=1S/C23H23NO4S/c1-17-6-8-20(9-7-17)24(16-19-5-3-4-18(2)14-19)29(25,26)21-10-11-22-23(15-21)28-13-12-27-22/h3-11,14-15H,12-13,16H2,1-2H3. The number of hydrogen-bond donors (Lipinski definition) is 0. The molecule has 3 aromatic carbocycles. The highest BCUT2D eigenvalue weighted by Crippen LogP contribution is 2.34. The van der Waals surface area contributed by atoms with E-state index in [-0.39, 0.29) is 11.4 Å². The molecule has 0 amide bonds. The van der Waals surface area contributed by atoms with Gasteiger partial charge in [0, 0.05) is 6.07 Å². The highest BCUT2D eigenvalue weighted by Gasteiger charge is 2.27. The quantitative estimate of drug-likeness (QED) is 0.624. The van der Waals surface area contributed by atoms with E-state index in [1.807, 2.05) is 62.4 Å². The van der Waals surface area contributed by atoms with E-state index in [0.717, 1.165) is 16.7 Å². The minimum Gasteiger partial charge on any atom is -0.486 e. The lowest BCUT2D eigenvalue weighted by Gasteiger charge is -2.26. The van der Waals surface area contributed by atoms with Crippen molar-refractivity contribution in [2.24, 2.45) is 0 Å². The van der Waals surface area contributed by atoms with E-state index in [4.69, 9.17) is 9.47 Å². The third-order valence-corrected chi connectivity index (χ3v) is 6.60. The molecule has 0 saturated carbocycles. The highest BCUT2D eigenvalue weighted by molar-refractivity contribution is 7.92. The molecule has 0 saturated heterocycles. The van der Waals surface area contributed by atoms with Crippen molar-refractivity contribution < 1.29 is 17.9 Å². The number of ether oxygens (including phenoxy) is 2. The third-order valence-electron chi connectivity index (χ3n) is 4.83. The summed E-state index contributed by atoms with van der Waals surface area (Å²) in [4.78, 5) is 0.176. The molecular weight excluding hydrogens is 386 g/mol. The van der Waals surface area contributed by atoms with Gasteiger partial charge < -0.3 is 9.47 Å². The SMILES string of the molecule is Cc1ccc(N(Cc2cccc(C)c2)S(=O)(=O)c2ccc3c(c2)OCCO3)cc1. The lowest BCUT2D eigenvalue weighted by atomic mass is 10.1. The van der Waals surface area contributed by atoms with Crippen LogP contribution in [-0.4, -0.2) is 21.6 Å². The maximum Gasteiger partial charge on any atom is 0.264 e. The Morgan fingerprint density at radius 1 is 0.828 bits per heavy atom. The molecule has 3 aromatic rings. The maximum atomic E-state index is 13.6. The molecule has 0 unspecified atom stereocenters. The highest BCUT2D eigenvalue weighted by atomic mass is 32.2. The summed E-state index contributed by atoms with van der Waals surface area (Å²) in [5, 5.41) is 0. The fraction of sp³-hybridized carbons (Fsp3) is 0.217. The van der Waals surface area contributed by atoms with Crippen molar-refractivity contribution in [2.75, 3.05) is 17.5 Å². The van der Waals surface area contributed by atoms with Gasteiger partial charge in [-0.1, -0.05) is 47.5 Å². The van der Waals surface area contributed by atoms with Crippen molar-refractivity contribution in [2.45, 2.75) is 25.3 Å². The second kappa shape index (κ2) is 7.79. The van der Waals surface area contributed by atoms with E-state index in [9.17, 15) is 8.42 Å². The fourth-order valence-corrected chi connectivity index (χ4v) is 4.78. The summed E-state index contributed by atoms with van der Waals surface area (Å²) in [6, 6.07) is 20.1. The summed E-state index contributed by atoms with van der Waals surface area (Å²) < 4.78 is 39.8. The number of fused-ring (bicyclic) bond motifs is 1. The van der Waals surface area contributed by atoms with Crippen LogP contribution in [0.3, 0.4) is 0 Å². The van der Waals surface area contributed by atoms with Gasteiger partial charge in [-0.25, -0.2) is 8.42 Å². The minimum atomic E-state index is -3.81. The first-order valence-electron chi connectivity index (χ1n) is 9.48. The van der Waals surface area contributed by atoms with Gasteiger partial charge >= 0.3 is 0 Å². The van der Waals surface area contributed by atoms with E-state index in [1.165, 1.54) is 4.31 Å². The van der Waals surface area contributed by atoms with E-state index in [0.29, 0.717) is 30.4 Å². The first-order chi connectivity index (χ1) is 13.9. The van der Waals surface area contributed by atoms with Crippen molar-refractivity contribution in [1.82, 2.24) is 0 Å². The third kappa shape index (κ3) is 4.07. The van der Waals surface area contributed by atoms with E-state index in [2.05, 4.69) is 0 Å². The average Bonchev–Trinajstić information content (AvgIpc) is 2.72. The van der Waals surface area contributed by atoms with Gasteiger partial charge in [0.15, 0.2) is 11.5 Å². The topological polar surface area (TPSA) is 55.8 Å². The minimum absolute atomic E-state index is 0.176. The molecule has 0 radical (unpaired) electrons. The van der Waals surface area contributed by atoms with Gasteiger partial charge in [0.2, 0.25) is 0 Å². The molecule has 0 aliphatic carbocycles. The molecule has 150 valence electrons. The summed E-state index contributed by atoms with van der Waals surface area (Å²) >= 11 is 0. The van der Waals surface area contributed by atoms with Crippen molar-refractivity contribution >= 4 is 15.7 Å².